The Bertz CT molecular complexity index is 810. The minimum atomic E-state index is -0.384. The molecule has 0 fully saturated rings. The van der Waals surface area contributed by atoms with Crippen molar-refractivity contribution < 1.29 is 23.5 Å². The molecular weight excluding hydrogens is 351 g/mol. The molecule has 0 radical (unpaired) electrons. The molecule has 7 heteroatoms. The second-order valence-corrected chi connectivity index (χ2v) is 5.90. The van der Waals surface area contributed by atoms with Crippen molar-refractivity contribution in [2.24, 2.45) is 0 Å². The molecule has 144 valence electrons. The number of nitrogens with zero attached hydrogens (tertiary/aromatic N) is 1. The Labute approximate surface area is 157 Å². The summed E-state index contributed by atoms with van der Waals surface area (Å²) in [5.41, 5.74) is 0.943. The van der Waals surface area contributed by atoms with Crippen LogP contribution in [0.25, 0.3) is 0 Å². The lowest BCUT2D eigenvalue weighted by Crippen LogP contribution is -2.38. The van der Waals surface area contributed by atoms with Crippen LogP contribution in [0.15, 0.2) is 42.5 Å². The van der Waals surface area contributed by atoms with Gasteiger partial charge in [0.05, 0.1) is 26.5 Å². The first-order valence-electron chi connectivity index (χ1n) is 8.45. The average Bonchev–Trinajstić information content (AvgIpc) is 2.65. The van der Waals surface area contributed by atoms with Gasteiger partial charge < -0.3 is 19.7 Å². The van der Waals surface area contributed by atoms with Crippen molar-refractivity contribution >= 4 is 17.5 Å². The van der Waals surface area contributed by atoms with Crippen molar-refractivity contribution in [2.45, 2.75) is 13.3 Å². The Balaban J connectivity index is 2.03. The minimum absolute atomic E-state index is 0.149. The van der Waals surface area contributed by atoms with Crippen LogP contribution in [0.3, 0.4) is 0 Å². The number of rotatable bonds is 8. The molecule has 2 amide bonds. The van der Waals surface area contributed by atoms with Crippen LogP contribution in [0.2, 0.25) is 0 Å². The van der Waals surface area contributed by atoms with Crippen LogP contribution in [0.5, 0.6) is 11.5 Å². The number of amides is 2. The van der Waals surface area contributed by atoms with Gasteiger partial charge in [-0.2, -0.15) is 0 Å². The van der Waals surface area contributed by atoms with Gasteiger partial charge in [-0.15, -0.1) is 0 Å². The van der Waals surface area contributed by atoms with Crippen LogP contribution in [0, 0.1) is 5.82 Å². The molecule has 2 aromatic carbocycles. The zero-order valence-corrected chi connectivity index (χ0v) is 15.6. The zero-order chi connectivity index (χ0) is 19.8. The van der Waals surface area contributed by atoms with E-state index in [0.29, 0.717) is 29.2 Å². The van der Waals surface area contributed by atoms with Gasteiger partial charge in [-0.05, 0) is 30.2 Å². The number of hydrogen-bond acceptors (Lipinski definition) is 4. The number of hydrogen-bond donors (Lipinski definition) is 1. The van der Waals surface area contributed by atoms with E-state index in [9.17, 15) is 14.0 Å². The molecule has 0 heterocycles. The SMILES string of the molecule is COc1ccc(OC)c(NC(=O)CN(CCc2ccccc2F)C(C)=O)c1. The van der Waals surface area contributed by atoms with Crippen molar-refractivity contribution in [3.05, 3.63) is 53.8 Å². The molecule has 0 saturated carbocycles. The smallest absolute Gasteiger partial charge is 0.244 e. The maximum atomic E-state index is 13.7. The lowest BCUT2D eigenvalue weighted by atomic mass is 10.1. The topological polar surface area (TPSA) is 67.9 Å². The molecule has 0 aliphatic heterocycles. The van der Waals surface area contributed by atoms with Crippen LogP contribution in [0.4, 0.5) is 10.1 Å². The van der Waals surface area contributed by atoms with Crippen molar-refractivity contribution in [1.29, 1.82) is 0 Å². The van der Waals surface area contributed by atoms with Gasteiger partial charge in [0.25, 0.3) is 0 Å². The van der Waals surface area contributed by atoms with Gasteiger partial charge >= 0.3 is 0 Å². The average molecular weight is 374 g/mol. The zero-order valence-electron chi connectivity index (χ0n) is 15.6. The van der Waals surface area contributed by atoms with Gasteiger partial charge in [0.15, 0.2) is 0 Å². The quantitative estimate of drug-likeness (QED) is 0.772. The number of benzene rings is 2. The normalized spacial score (nSPS) is 10.2. The summed E-state index contributed by atoms with van der Waals surface area (Å²) in [7, 11) is 3.02. The largest absolute Gasteiger partial charge is 0.497 e. The molecule has 6 nitrogen and oxygen atoms in total. The number of anilines is 1. The number of methoxy groups -OCH3 is 2. The van der Waals surface area contributed by atoms with E-state index < -0.39 is 0 Å². The van der Waals surface area contributed by atoms with E-state index in [1.807, 2.05) is 0 Å². The molecular formula is C20H23FN2O4. The number of carbonyl (C=O) groups excluding carboxylic acids is 2. The van der Waals surface area contributed by atoms with Crippen LogP contribution in [-0.4, -0.2) is 44.0 Å². The lowest BCUT2D eigenvalue weighted by molar-refractivity contribution is -0.132. The maximum absolute atomic E-state index is 13.7. The van der Waals surface area contributed by atoms with Crippen LogP contribution >= 0.6 is 0 Å². The third kappa shape index (κ3) is 5.70. The summed E-state index contributed by atoms with van der Waals surface area (Å²) in [4.78, 5) is 25.6. The molecule has 2 aromatic rings. The second kappa shape index (κ2) is 9.56. The van der Waals surface area contributed by atoms with Gasteiger partial charge in [0.1, 0.15) is 17.3 Å². The predicted octanol–water partition coefficient (Wildman–Crippen LogP) is 2.87. The summed E-state index contributed by atoms with van der Waals surface area (Å²) in [6.45, 7) is 1.46. The molecule has 0 unspecified atom stereocenters. The molecule has 27 heavy (non-hydrogen) atoms. The van der Waals surface area contributed by atoms with E-state index >= 15 is 0 Å². The standard InChI is InChI=1S/C20H23FN2O4/c1-14(24)23(11-10-15-6-4-5-7-17(15)21)13-20(25)22-18-12-16(26-2)8-9-19(18)27-3/h4-9,12H,10-11,13H2,1-3H3,(H,22,25). The first-order valence-corrected chi connectivity index (χ1v) is 8.45. The minimum Gasteiger partial charge on any atom is -0.497 e. The highest BCUT2D eigenvalue weighted by atomic mass is 19.1. The number of halogens is 1. The molecule has 0 atom stereocenters. The van der Waals surface area contributed by atoms with Gasteiger partial charge in [-0.25, -0.2) is 4.39 Å². The van der Waals surface area contributed by atoms with Crippen LogP contribution in [-0.2, 0) is 16.0 Å². The third-order valence-corrected chi connectivity index (χ3v) is 4.07. The Hall–Kier alpha value is -3.09. The highest BCUT2D eigenvalue weighted by Crippen LogP contribution is 2.28. The van der Waals surface area contributed by atoms with Crippen LogP contribution in [0.1, 0.15) is 12.5 Å². The van der Waals surface area contributed by atoms with Gasteiger partial charge in [0, 0.05) is 19.5 Å². The monoisotopic (exact) mass is 374 g/mol. The molecule has 0 aliphatic rings. The highest BCUT2D eigenvalue weighted by molar-refractivity contribution is 5.95. The number of ether oxygens (including phenoxy) is 2. The summed E-state index contributed by atoms with van der Waals surface area (Å²) < 4.78 is 24.1. The van der Waals surface area contributed by atoms with Crippen LogP contribution < -0.4 is 14.8 Å². The van der Waals surface area contributed by atoms with E-state index in [-0.39, 0.29) is 30.7 Å². The van der Waals surface area contributed by atoms with Crippen molar-refractivity contribution in [2.75, 3.05) is 32.6 Å². The molecule has 0 saturated heterocycles. The first kappa shape index (κ1) is 20.2. The van der Waals surface area contributed by atoms with Gasteiger partial charge in [-0.3, -0.25) is 9.59 Å². The Morgan fingerprint density at radius 1 is 1.11 bits per heavy atom. The van der Waals surface area contributed by atoms with Gasteiger partial charge in [-0.1, -0.05) is 18.2 Å². The third-order valence-electron chi connectivity index (χ3n) is 4.07. The van der Waals surface area contributed by atoms with Crippen molar-refractivity contribution in [3.8, 4) is 11.5 Å². The summed E-state index contributed by atoms with van der Waals surface area (Å²) in [5.74, 6) is 0.0647. The fraction of sp³-hybridized carbons (Fsp3) is 0.300. The van der Waals surface area contributed by atoms with E-state index in [1.165, 1.54) is 32.1 Å². The molecule has 0 aromatic heterocycles. The fourth-order valence-corrected chi connectivity index (χ4v) is 2.58. The van der Waals surface area contributed by atoms with E-state index in [0.717, 1.165) is 0 Å². The molecule has 2 rings (SSSR count). The highest BCUT2D eigenvalue weighted by Gasteiger charge is 2.16. The maximum Gasteiger partial charge on any atom is 0.244 e. The first-order chi connectivity index (χ1) is 12.9. The van der Waals surface area contributed by atoms with Gasteiger partial charge in [0.2, 0.25) is 11.8 Å². The molecule has 0 aliphatic carbocycles. The Morgan fingerprint density at radius 2 is 1.85 bits per heavy atom. The van der Waals surface area contributed by atoms with E-state index in [1.54, 1.807) is 36.4 Å². The second-order valence-electron chi connectivity index (χ2n) is 5.90. The summed E-state index contributed by atoms with van der Waals surface area (Å²) in [6.07, 6.45) is 0.321. The molecule has 0 spiro atoms. The number of nitrogens with one attached hydrogen (secondary N) is 1. The number of carbonyl (C=O) groups is 2. The molecule has 1 N–H and O–H groups in total. The van der Waals surface area contributed by atoms with Crippen molar-refractivity contribution in [3.63, 3.8) is 0 Å². The molecule has 0 bridgehead atoms. The lowest BCUT2D eigenvalue weighted by Gasteiger charge is -2.21. The summed E-state index contributed by atoms with van der Waals surface area (Å²) >= 11 is 0. The summed E-state index contributed by atoms with van der Waals surface area (Å²) in [5, 5.41) is 2.72. The predicted molar refractivity (Wildman–Crippen MR) is 101 cm³/mol. The van der Waals surface area contributed by atoms with E-state index in [2.05, 4.69) is 5.32 Å². The van der Waals surface area contributed by atoms with E-state index in [4.69, 9.17) is 9.47 Å². The van der Waals surface area contributed by atoms with Crippen molar-refractivity contribution in [1.82, 2.24) is 4.90 Å². The Kier molecular flexibility index (Phi) is 7.16. The Morgan fingerprint density at radius 3 is 2.48 bits per heavy atom. The fourth-order valence-electron chi connectivity index (χ4n) is 2.58. The summed E-state index contributed by atoms with van der Waals surface area (Å²) in [6, 6.07) is 11.4.